The van der Waals surface area contributed by atoms with Crippen LogP contribution >= 0.6 is 11.8 Å². The largest absolute Gasteiger partial charge is 0.451 e. The van der Waals surface area contributed by atoms with Crippen molar-refractivity contribution in [3.05, 3.63) is 59.9 Å². The van der Waals surface area contributed by atoms with Crippen LogP contribution in [-0.4, -0.2) is 33.8 Å². The Bertz CT molecular complexity index is 1030. The van der Waals surface area contributed by atoms with Gasteiger partial charge in [-0.15, -0.1) is 0 Å². The Kier molecular flexibility index (Phi) is 7.15. The van der Waals surface area contributed by atoms with E-state index in [1.54, 1.807) is 18.7 Å². The van der Waals surface area contributed by atoms with Gasteiger partial charge in [0.2, 0.25) is 0 Å². The third-order valence-electron chi connectivity index (χ3n) is 4.82. The smallest absolute Gasteiger partial charge is 0.326 e. The van der Waals surface area contributed by atoms with E-state index in [0.29, 0.717) is 17.4 Å². The van der Waals surface area contributed by atoms with Crippen molar-refractivity contribution in [3.8, 4) is 0 Å². The van der Waals surface area contributed by atoms with Gasteiger partial charge in [-0.3, -0.25) is 9.59 Å². The normalized spacial score (nSPS) is 12.2. The summed E-state index contributed by atoms with van der Waals surface area (Å²) in [6.45, 7) is 5.81. The molecule has 30 heavy (non-hydrogen) atoms. The lowest BCUT2D eigenvalue weighted by atomic mass is 10.0. The topological polar surface area (TPSA) is 73.2 Å². The minimum absolute atomic E-state index is 0.0110. The van der Waals surface area contributed by atoms with Crippen LogP contribution in [0.25, 0.3) is 11.0 Å². The third-order valence-corrected chi connectivity index (χ3v) is 5.36. The van der Waals surface area contributed by atoms with Crippen molar-refractivity contribution in [3.63, 3.8) is 0 Å². The molecule has 0 aliphatic rings. The second-order valence-corrected chi connectivity index (χ2v) is 8.30. The molecular weight excluding hydrogens is 398 g/mol. The fraction of sp³-hybridized carbons (Fsp3) is 0.348. The number of carbonyl (C=O) groups excluding carboxylic acids is 2. The van der Waals surface area contributed by atoms with Crippen molar-refractivity contribution >= 4 is 40.4 Å². The highest BCUT2D eigenvalue weighted by molar-refractivity contribution is 7.97. The summed E-state index contributed by atoms with van der Waals surface area (Å²) in [6, 6.07) is 15.3. The number of benzene rings is 2. The summed E-state index contributed by atoms with van der Waals surface area (Å²) >= 11 is 1.63. The maximum absolute atomic E-state index is 12.5. The number of aromatic nitrogens is 2. The fourth-order valence-electron chi connectivity index (χ4n) is 3.15. The summed E-state index contributed by atoms with van der Waals surface area (Å²) in [4.78, 5) is 29.6. The highest BCUT2D eigenvalue weighted by Gasteiger charge is 2.20. The fourth-order valence-corrected chi connectivity index (χ4v) is 3.63. The second-order valence-electron chi connectivity index (χ2n) is 7.43. The van der Waals surface area contributed by atoms with Gasteiger partial charge in [0.15, 0.2) is 6.10 Å². The van der Waals surface area contributed by atoms with E-state index in [4.69, 9.17) is 4.74 Å². The molecule has 0 saturated carbocycles. The van der Waals surface area contributed by atoms with E-state index < -0.39 is 12.1 Å². The van der Waals surface area contributed by atoms with E-state index in [0.717, 1.165) is 16.9 Å². The molecule has 0 radical (unpaired) electrons. The molecule has 0 saturated heterocycles. The maximum atomic E-state index is 12.5. The predicted molar refractivity (Wildman–Crippen MR) is 122 cm³/mol. The molecular formula is C23H27N3O3S. The summed E-state index contributed by atoms with van der Waals surface area (Å²) in [5.74, 6) is 1.08. The lowest BCUT2D eigenvalue weighted by molar-refractivity contribution is -0.153. The first-order chi connectivity index (χ1) is 14.4. The molecule has 1 atom stereocenters. The molecule has 3 aromatic rings. The number of hydrogen-bond acceptors (Lipinski definition) is 5. The molecule has 3 rings (SSSR count). The van der Waals surface area contributed by atoms with Crippen molar-refractivity contribution in [1.82, 2.24) is 9.55 Å². The van der Waals surface area contributed by atoms with E-state index in [9.17, 15) is 9.59 Å². The molecule has 7 heteroatoms. The second kappa shape index (κ2) is 9.80. The number of anilines is 1. The zero-order chi connectivity index (χ0) is 21.7. The van der Waals surface area contributed by atoms with Gasteiger partial charge in [0.05, 0.1) is 16.8 Å². The first-order valence-electron chi connectivity index (χ1n) is 9.92. The van der Waals surface area contributed by atoms with Gasteiger partial charge in [-0.2, -0.15) is 11.8 Å². The molecule has 1 N–H and O–H groups in total. The number of carbonyl (C=O) groups is 2. The number of esters is 1. The molecule has 2 aromatic carbocycles. The van der Waals surface area contributed by atoms with Crippen LogP contribution in [0.15, 0.2) is 48.5 Å². The molecule has 158 valence electrons. The maximum Gasteiger partial charge on any atom is 0.326 e. The van der Waals surface area contributed by atoms with E-state index in [1.807, 2.05) is 59.4 Å². The minimum atomic E-state index is -0.902. The van der Waals surface area contributed by atoms with Crippen LogP contribution in [0, 0.1) is 0 Å². The van der Waals surface area contributed by atoms with Gasteiger partial charge in [-0.05, 0) is 48.9 Å². The van der Waals surface area contributed by atoms with Gasteiger partial charge in [0, 0.05) is 5.69 Å². The molecule has 0 bridgehead atoms. The number of hydrogen-bond donors (Lipinski definition) is 1. The number of ether oxygens (including phenoxy) is 1. The summed E-state index contributed by atoms with van der Waals surface area (Å²) in [6.07, 6.45) is 1.09. The van der Waals surface area contributed by atoms with Gasteiger partial charge in [0.1, 0.15) is 12.4 Å². The average Bonchev–Trinajstić information content (AvgIpc) is 3.05. The van der Waals surface area contributed by atoms with Gasteiger partial charge in [0.25, 0.3) is 5.91 Å². The Morgan fingerprint density at radius 2 is 1.80 bits per heavy atom. The summed E-state index contributed by atoms with van der Waals surface area (Å²) < 4.78 is 7.25. The van der Waals surface area contributed by atoms with Crippen LogP contribution in [0.1, 0.15) is 38.1 Å². The molecule has 0 unspecified atom stereocenters. The molecule has 6 nitrogen and oxygen atoms in total. The average molecular weight is 426 g/mol. The van der Waals surface area contributed by atoms with Gasteiger partial charge < -0.3 is 14.6 Å². The molecule has 0 aliphatic carbocycles. The number of nitrogens with one attached hydrogen (secondary N) is 1. The van der Waals surface area contributed by atoms with Crippen molar-refractivity contribution in [2.45, 2.75) is 45.1 Å². The van der Waals surface area contributed by atoms with Crippen LogP contribution in [0.3, 0.4) is 0 Å². The SMILES string of the molecule is CSCc1nc2ccccc2n1CC(=O)O[C@@H](C)C(=O)Nc1ccc(C(C)C)cc1. The highest BCUT2D eigenvalue weighted by atomic mass is 32.2. The lowest BCUT2D eigenvalue weighted by Gasteiger charge is -2.15. The number of amides is 1. The van der Waals surface area contributed by atoms with E-state index in [1.165, 1.54) is 5.56 Å². The summed E-state index contributed by atoms with van der Waals surface area (Å²) in [5.41, 5.74) is 3.59. The molecule has 0 aliphatic heterocycles. The van der Waals surface area contributed by atoms with Gasteiger partial charge in [-0.25, -0.2) is 4.98 Å². The van der Waals surface area contributed by atoms with Crippen molar-refractivity contribution in [2.24, 2.45) is 0 Å². The van der Waals surface area contributed by atoms with Crippen LogP contribution in [0.5, 0.6) is 0 Å². The Hall–Kier alpha value is -2.80. The Labute approximate surface area is 181 Å². The number of rotatable bonds is 8. The molecule has 0 fully saturated rings. The highest BCUT2D eigenvalue weighted by Crippen LogP contribution is 2.20. The molecule has 1 aromatic heterocycles. The van der Waals surface area contributed by atoms with Gasteiger partial charge >= 0.3 is 5.97 Å². The molecule has 1 heterocycles. The summed E-state index contributed by atoms with van der Waals surface area (Å²) in [7, 11) is 0. The van der Waals surface area contributed by atoms with E-state index in [-0.39, 0.29) is 12.5 Å². The summed E-state index contributed by atoms with van der Waals surface area (Å²) in [5, 5.41) is 2.79. The van der Waals surface area contributed by atoms with E-state index in [2.05, 4.69) is 24.1 Å². The van der Waals surface area contributed by atoms with Crippen LogP contribution in [0.2, 0.25) is 0 Å². The Balaban J connectivity index is 1.63. The van der Waals surface area contributed by atoms with Gasteiger partial charge in [-0.1, -0.05) is 38.1 Å². The predicted octanol–water partition coefficient (Wildman–Crippen LogP) is 4.59. The third kappa shape index (κ3) is 5.21. The first-order valence-corrected chi connectivity index (χ1v) is 11.3. The zero-order valence-corrected chi connectivity index (χ0v) is 18.5. The minimum Gasteiger partial charge on any atom is -0.451 e. The quantitative estimate of drug-likeness (QED) is 0.534. The molecule has 1 amide bonds. The first kappa shape index (κ1) is 21.9. The Morgan fingerprint density at radius 3 is 2.47 bits per heavy atom. The van der Waals surface area contributed by atoms with Crippen LogP contribution in [0.4, 0.5) is 5.69 Å². The van der Waals surface area contributed by atoms with Crippen molar-refractivity contribution < 1.29 is 14.3 Å². The van der Waals surface area contributed by atoms with Crippen molar-refractivity contribution in [2.75, 3.05) is 11.6 Å². The molecule has 0 spiro atoms. The Morgan fingerprint density at radius 1 is 1.10 bits per heavy atom. The lowest BCUT2D eigenvalue weighted by Crippen LogP contribution is -2.31. The van der Waals surface area contributed by atoms with Crippen LogP contribution in [-0.2, 0) is 26.6 Å². The van der Waals surface area contributed by atoms with Crippen LogP contribution < -0.4 is 5.32 Å². The zero-order valence-electron chi connectivity index (χ0n) is 17.7. The standard InChI is InChI=1S/C23H27N3O3S/c1-15(2)17-9-11-18(12-10-17)24-23(28)16(3)29-22(27)13-26-20-8-6-5-7-19(20)25-21(26)14-30-4/h5-12,15-16H,13-14H2,1-4H3,(H,24,28)/t16-/m0/s1. The number of nitrogens with zero attached hydrogens (tertiary/aromatic N) is 2. The number of para-hydroxylation sites is 2. The number of imidazole rings is 1. The van der Waals surface area contributed by atoms with Crippen molar-refractivity contribution in [1.29, 1.82) is 0 Å². The number of thioether (sulfide) groups is 1. The monoisotopic (exact) mass is 425 g/mol. The van der Waals surface area contributed by atoms with E-state index >= 15 is 0 Å². The number of fused-ring (bicyclic) bond motifs is 1.